The van der Waals surface area contributed by atoms with Crippen LogP contribution in [0.2, 0.25) is 0 Å². The number of carbonyl (C=O) groups is 1. The molecule has 6 heteroatoms. The summed E-state index contributed by atoms with van der Waals surface area (Å²) in [5.74, 6) is 0.874. The summed E-state index contributed by atoms with van der Waals surface area (Å²) in [6, 6.07) is 9.25. The van der Waals surface area contributed by atoms with Gasteiger partial charge in [0, 0.05) is 25.5 Å². The number of piperidine rings is 1. The van der Waals surface area contributed by atoms with Gasteiger partial charge in [0.05, 0.1) is 16.8 Å². The molecular formula is C18H19N5O. The number of benzene rings is 1. The van der Waals surface area contributed by atoms with Crippen molar-refractivity contribution in [1.82, 2.24) is 14.9 Å². The Kier molecular flexibility index (Phi) is 4.71. The Hall–Kier alpha value is -2.94. The summed E-state index contributed by atoms with van der Waals surface area (Å²) >= 11 is 0. The second kappa shape index (κ2) is 7.09. The molecule has 1 fully saturated rings. The van der Waals surface area contributed by atoms with Gasteiger partial charge in [-0.15, -0.1) is 0 Å². The Balaban J connectivity index is 1.71. The predicted octanol–water partition coefficient (Wildman–Crippen LogP) is 2.96. The number of aromatic nitrogens is 2. The molecule has 0 radical (unpaired) electrons. The number of carbonyl (C=O) groups excluding carboxylic acids is 1. The lowest BCUT2D eigenvalue weighted by Gasteiger charge is -2.30. The quantitative estimate of drug-likeness (QED) is 0.940. The minimum atomic E-state index is -0.0227. The van der Waals surface area contributed by atoms with E-state index in [-0.39, 0.29) is 5.91 Å². The van der Waals surface area contributed by atoms with E-state index in [4.69, 9.17) is 5.26 Å². The van der Waals surface area contributed by atoms with Crippen molar-refractivity contribution < 1.29 is 4.79 Å². The first-order chi connectivity index (χ1) is 11.7. The third-order valence-electron chi connectivity index (χ3n) is 4.14. The number of anilines is 2. The summed E-state index contributed by atoms with van der Waals surface area (Å²) in [7, 11) is 0. The van der Waals surface area contributed by atoms with Gasteiger partial charge in [-0.2, -0.15) is 5.26 Å². The van der Waals surface area contributed by atoms with Crippen molar-refractivity contribution in [1.29, 1.82) is 5.26 Å². The van der Waals surface area contributed by atoms with Crippen LogP contribution in [0.4, 0.5) is 11.6 Å². The smallest absolute Gasteiger partial charge is 0.257 e. The number of likely N-dealkylation sites (tertiary alicyclic amines) is 1. The fourth-order valence-electron chi connectivity index (χ4n) is 2.87. The Bertz CT molecular complexity index is 766. The minimum absolute atomic E-state index is 0.0227. The highest BCUT2D eigenvalue weighted by molar-refractivity contribution is 5.93. The first-order valence-corrected chi connectivity index (χ1v) is 8.05. The molecule has 1 N–H and O–H groups in total. The molecule has 1 aromatic heterocycles. The average Bonchev–Trinajstić information content (AvgIpc) is 2.62. The fourth-order valence-corrected chi connectivity index (χ4v) is 2.87. The van der Waals surface area contributed by atoms with Gasteiger partial charge in [0.1, 0.15) is 6.07 Å². The highest BCUT2D eigenvalue weighted by atomic mass is 16.2. The Labute approximate surface area is 141 Å². The molecule has 1 unspecified atom stereocenters. The third-order valence-corrected chi connectivity index (χ3v) is 4.14. The molecule has 2 heterocycles. The molecular weight excluding hydrogens is 302 g/mol. The number of para-hydroxylation sites is 1. The monoisotopic (exact) mass is 321 g/mol. The number of nitriles is 1. The van der Waals surface area contributed by atoms with E-state index in [0.717, 1.165) is 19.5 Å². The fraction of sp³-hybridized carbons (Fsp3) is 0.333. The van der Waals surface area contributed by atoms with Crippen LogP contribution in [0.5, 0.6) is 0 Å². The maximum absolute atomic E-state index is 12.5. The number of amides is 1. The van der Waals surface area contributed by atoms with Crippen LogP contribution in [0.3, 0.4) is 0 Å². The van der Waals surface area contributed by atoms with E-state index in [1.54, 1.807) is 18.2 Å². The standard InChI is InChI=1S/C18H19N5O/c1-13-5-4-8-23(12-13)17(24)15-10-20-18(21-11-15)22-16-7-3-2-6-14(16)9-19/h2-3,6-7,10-11,13H,4-5,8,12H2,1H3,(H,20,21,22). The molecule has 6 nitrogen and oxygen atoms in total. The first-order valence-electron chi connectivity index (χ1n) is 8.05. The zero-order chi connectivity index (χ0) is 16.9. The normalized spacial score (nSPS) is 17.2. The molecule has 1 saturated heterocycles. The molecule has 0 spiro atoms. The third kappa shape index (κ3) is 3.51. The van der Waals surface area contributed by atoms with Crippen LogP contribution in [0.25, 0.3) is 0 Å². The minimum Gasteiger partial charge on any atom is -0.338 e. The number of nitrogens with zero attached hydrogens (tertiary/aromatic N) is 4. The van der Waals surface area contributed by atoms with Crippen molar-refractivity contribution >= 4 is 17.5 Å². The lowest BCUT2D eigenvalue weighted by atomic mass is 10.00. The molecule has 1 amide bonds. The topological polar surface area (TPSA) is 81.9 Å². The predicted molar refractivity (Wildman–Crippen MR) is 90.8 cm³/mol. The van der Waals surface area contributed by atoms with Gasteiger partial charge in [-0.25, -0.2) is 9.97 Å². The SMILES string of the molecule is CC1CCCN(C(=O)c2cnc(Nc3ccccc3C#N)nc2)C1. The highest BCUT2D eigenvalue weighted by Crippen LogP contribution is 2.19. The summed E-state index contributed by atoms with van der Waals surface area (Å²) < 4.78 is 0. The van der Waals surface area contributed by atoms with Crippen molar-refractivity contribution in [3.63, 3.8) is 0 Å². The van der Waals surface area contributed by atoms with Crippen LogP contribution in [-0.2, 0) is 0 Å². The van der Waals surface area contributed by atoms with Crippen molar-refractivity contribution in [2.75, 3.05) is 18.4 Å². The molecule has 3 rings (SSSR count). The zero-order valence-electron chi connectivity index (χ0n) is 13.6. The first kappa shape index (κ1) is 15.9. The number of rotatable bonds is 3. The second-order valence-corrected chi connectivity index (χ2v) is 6.08. The average molecular weight is 321 g/mol. The summed E-state index contributed by atoms with van der Waals surface area (Å²) in [5.41, 5.74) is 1.65. The highest BCUT2D eigenvalue weighted by Gasteiger charge is 2.22. The van der Waals surface area contributed by atoms with Gasteiger partial charge in [-0.05, 0) is 30.9 Å². The van der Waals surface area contributed by atoms with E-state index < -0.39 is 0 Å². The molecule has 1 aliphatic rings. The second-order valence-electron chi connectivity index (χ2n) is 6.08. The van der Waals surface area contributed by atoms with Gasteiger partial charge in [0.25, 0.3) is 5.91 Å². The Morgan fingerprint density at radius 2 is 2.08 bits per heavy atom. The van der Waals surface area contributed by atoms with E-state index in [1.807, 2.05) is 11.0 Å². The maximum atomic E-state index is 12.5. The van der Waals surface area contributed by atoms with Crippen LogP contribution in [0.15, 0.2) is 36.7 Å². The number of hydrogen-bond acceptors (Lipinski definition) is 5. The van der Waals surface area contributed by atoms with Crippen LogP contribution in [-0.4, -0.2) is 33.9 Å². The molecule has 1 aliphatic heterocycles. The molecule has 0 saturated carbocycles. The molecule has 2 aromatic rings. The lowest BCUT2D eigenvalue weighted by Crippen LogP contribution is -2.39. The van der Waals surface area contributed by atoms with Crippen LogP contribution >= 0.6 is 0 Å². The molecule has 1 aromatic carbocycles. The van der Waals surface area contributed by atoms with Crippen molar-refractivity contribution in [2.24, 2.45) is 5.92 Å². The summed E-state index contributed by atoms with van der Waals surface area (Å²) in [6.45, 7) is 3.74. The zero-order valence-corrected chi connectivity index (χ0v) is 13.6. The van der Waals surface area contributed by atoms with Gasteiger partial charge < -0.3 is 10.2 Å². The van der Waals surface area contributed by atoms with Gasteiger partial charge >= 0.3 is 0 Å². The number of nitrogens with one attached hydrogen (secondary N) is 1. The van der Waals surface area contributed by atoms with Crippen molar-refractivity contribution in [3.05, 3.63) is 47.8 Å². The van der Waals surface area contributed by atoms with Gasteiger partial charge in [0.2, 0.25) is 5.95 Å². The Morgan fingerprint density at radius 3 is 2.79 bits per heavy atom. The summed E-state index contributed by atoms with van der Waals surface area (Å²) in [4.78, 5) is 22.8. The maximum Gasteiger partial charge on any atom is 0.257 e. The molecule has 0 aliphatic carbocycles. The number of hydrogen-bond donors (Lipinski definition) is 1. The van der Waals surface area contributed by atoms with Crippen LogP contribution in [0.1, 0.15) is 35.7 Å². The molecule has 24 heavy (non-hydrogen) atoms. The largest absolute Gasteiger partial charge is 0.338 e. The van der Waals surface area contributed by atoms with Gasteiger partial charge in [0.15, 0.2) is 0 Å². The molecule has 1 atom stereocenters. The summed E-state index contributed by atoms with van der Waals surface area (Å²) in [5, 5.41) is 12.1. The van der Waals surface area contributed by atoms with E-state index in [9.17, 15) is 4.79 Å². The summed E-state index contributed by atoms with van der Waals surface area (Å²) in [6.07, 6.45) is 5.28. The lowest BCUT2D eigenvalue weighted by molar-refractivity contribution is 0.0682. The van der Waals surface area contributed by atoms with Crippen molar-refractivity contribution in [3.8, 4) is 6.07 Å². The van der Waals surface area contributed by atoms with Crippen LogP contribution < -0.4 is 5.32 Å². The van der Waals surface area contributed by atoms with E-state index in [1.165, 1.54) is 18.8 Å². The van der Waals surface area contributed by atoms with E-state index >= 15 is 0 Å². The van der Waals surface area contributed by atoms with Gasteiger partial charge in [-0.3, -0.25) is 4.79 Å². The van der Waals surface area contributed by atoms with Crippen LogP contribution in [0, 0.1) is 17.2 Å². The van der Waals surface area contributed by atoms with E-state index in [2.05, 4.69) is 28.3 Å². The molecule has 122 valence electrons. The van der Waals surface area contributed by atoms with E-state index in [0.29, 0.717) is 28.7 Å². The molecule has 0 bridgehead atoms. The Morgan fingerprint density at radius 1 is 1.33 bits per heavy atom. The van der Waals surface area contributed by atoms with Gasteiger partial charge in [-0.1, -0.05) is 19.1 Å². The van der Waals surface area contributed by atoms with Crippen molar-refractivity contribution in [2.45, 2.75) is 19.8 Å².